The highest BCUT2D eigenvalue weighted by molar-refractivity contribution is 9.10. The minimum Gasteiger partial charge on any atom is -0.460 e. The molecule has 2 aromatic rings. The number of alkyl halides is 3. The van der Waals surface area contributed by atoms with Crippen LogP contribution >= 0.6 is 50.7 Å². The Bertz CT molecular complexity index is 1280. The Kier molecular flexibility index (Phi) is 6.60. The molecule has 1 N–H and O–H groups in total. The third-order valence-electron chi connectivity index (χ3n) is 7.01. The topological polar surface area (TPSA) is 92.8 Å². The largest absolute Gasteiger partial charge is 0.460 e. The molecular weight excluding hydrogens is 595 g/mol. The van der Waals surface area contributed by atoms with Crippen molar-refractivity contribution in [2.45, 2.75) is 47.0 Å². The maximum absolute atomic E-state index is 13.6. The minimum absolute atomic E-state index is 0.174. The molecule has 3 atom stereocenters. The number of esters is 1. The zero-order chi connectivity index (χ0) is 25.8. The van der Waals surface area contributed by atoms with Gasteiger partial charge in [0.05, 0.1) is 0 Å². The van der Waals surface area contributed by atoms with Gasteiger partial charge in [0.25, 0.3) is 5.91 Å². The Morgan fingerprint density at radius 2 is 1.86 bits per heavy atom. The summed E-state index contributed by atoms with van der Waals surface area (Å²) in [6, 6.07) is 12.1. The Labute approximate surface area is 230 Å². The van der Waals surface area contributed by atoms with Crippen LogP contribution in [-0.2, 0) is 31.1 Å². The molecule has 2 fully saturated rings. The highest BCUT2D eigenvalue weighted by Gasteiger charge is 2.64. The number of hydrogen-bond acceptors (Lipinski definition) is 5. The van der Waals surface area contributed by atoms with E-state index >= 15 is 0 Å². The predicted molar refractivity (Wildman–Crippen MR) is 137 cm³/mol. The smallest absolute Gasteiger partial charge is 0.317 e. The number of carbonyl (C=O) groups excluding carboxylic acids is 4. The Morgan fingerprint density at radius 3 is 2.53 bits per heavy atom. The van der Waals surface area contributed by atoms with E-state index in [-0.39, 0.29) is 37.1 Å². The van der Waals surface area contributed by atoms with Crippen molar-refractivity contribution in [2.75, 3.05) is 6.61 Å². The van der Waals surface area contributed by atoms with Crippen LogP contribution in [0.2, 0.25) is 0 Å². The molecule has 0 bridgehead atoms. The summed E-state index contributed by atoms with van der Waals surface area (Å²) < 4.78 is 4.52. The first-order chi connectivity index (χ1) is 17.0. The average molecular weight is 615 g/mol. The quantitative estimate of drug-likeness (QED) is 0.303. The van der Waals surface area contributed by atoms with Crippen LogP contribution in [-0.4, -0.2) is 45.0 Å². The van der Waals surface area contributed by atoms with Gasteiger partial charge < -0.3 is 9.64 Å². The van der Waals surface area contributed by atoms with E-state index in [0.29, 0.717) is 17.5 Å². The van der Waals surface area contributed by atoms with Crippen LogP contribution in [0, 0.1) is 0 Å². The standard InChI is InChI=1S/C25H20BrCl3N2O5/c26-15-6-4-14(5-7-15)24(23(35)36-12-25(27,28)29)10-17(24)16-3-1-2-13-11-31(22(34)20(13)16)18-8-9-19(32)30-21(18)33/h1-7,17-18H,8-12H2,(H,30,32,33)/t17-,18?,24-/m0/s1. The van der Waals surface area contributed by atoms with Gasteiger partial charge in [-0.3, -0.25) is 24.5 Å². The van der Waals surface area contributed by atoms with Crippen LogP contribution in [0.5, 0.6) is 0 Å². The number of amides is 3. The number of nitrogens with zero attached hydrogens (tertiary/aromatic N) is 1. The molecule has 1 saturated heterocycles. The van der Waals surface area contributed by atoms with Crippen LogP contribution in [0.1, 0.15) is 52.2 Å². The molecule has 1 aliphatic carbocycles. The zero-order valence-corrected chi connectivity index (χ0v) is 22.6. The van der Waals surface area contributed by atoms with E-state index in [1.807, 2.05) is 42.5 Å². The highest BCUT2D eigenvalue weighted by atomic mass is 79.9. The van der Waals surface area contributed by atoms with E-state index in [0.717, 1.165) is 15.6 Å². The molecule has 5 rings (SSSR count). The number of nitrogens with one attached hydrogen (secondary N) is 1. The predicted octanol–water partition coefficient (Wildman–Crippen LogP) is 4.55. The number of ether oxygens (including phenoxy) is 1. The summed E-state index contributed by atoms with van der Waals surface area (Å²) in [5.74, 6) is -1.98. The van der Waals surface area contributed by atoms with Crippen molar-refractivity contribution in [3.63, 3.8) is 0 Å². The van der Waals surface area contributed by atoms with Crippen LogP contribution < -0.4 is 5.32 Å². The number of carbonyl (C=O) groups is 4. The zero-order valence-electron chi connectivity index (χ0n) is 18.7. The van der Waals surface area contributed by atoms with E-state index in [9.17, 15) is 19.2 Å². The lowest BCUT2D eigenvalue weighted by Crippen LogP contribution is -2.52. The first kappa shape index (κ1) is 25.5. The summed E-state index contributed by atoms with van der Waals surface area (Å²) >= 11 is 20.9. The van der Waals surface area contributed by atoms with Gasteiger partial charge in [-0.2, -0.15) is 0 Å². The van der Waals surface area contributed by atoms with E-state index in [1.165, 1.54) is 4.90 Å². The first-order valence-corrected chi connectivity index (χ1v) is 13.2. The molecule has 2 heterocycles. The van der Waals surface area contributed by atoms with Crippen molar-refractivity contribution in [2.24, 2.45) is 0 Å². The van der Waals surface area contributed by atoms with Gasteiger partial charge >= 0.3 is 5.97 Å². The van der Waals surface area contributed by atoms with Gasteiger partial charge in [0, 0.05) is 28.9 Å². The number of halogens is 4. The Morgan fingerprint density at radius 1 is 1.14 bits per heavy atom. The molecule has 3 aliphatic rings. The molecular formula is C25H20BrCl3N2O5. The minimum atomic E-state index is -1.76. The second-order valence-corrected chi connectivity index (χ2v) is 12.6. The molecule has 0 aromatic heterocycles. The third-order valence-corrected chi connectivity index (χ3v) is 7.87. The summed E-state index contributed by atoms with van der Waals surface area (Å²) in [7, 11) is 0. The number of hydrogen-bond donors (Lipinski definition) is 1. The van der Waals surface area contributed by atoms with E-state index in [2.05, 4.69) is 21.2 Å². The van der Waals surface area contributed by atoms with Gasteiger partial charge in [-0.25, -0.2) is 0 Å². The number of imide groups is 1. The van der Waals surface area contributed by atoms with Crippen LogP contribution in [0.4, 0.5) is 0 Å². The molecule has 2 aromatic carbocycles. The lowest BCUT2D eigenvalue weighted by Gasteiger charge is -2.29. The lowest BCUT2D eigenvalue weighted by molar-refractivity contribution is -0.147. The van der Waals surface area contributed by atoms with Gasteiger partial charge in [0.2, 0.25) is 15.6 Å². The SMILES string of the molecule is O=C1CCC(N2Cc3cccc([C@@H]4C[C@]4(C(=O)OCC(Cl)(Cl)Cl)c4ccc(Br)cc4)c3C2=O)C(=O)N1. The first-order valence-electron chi connectivity index (χ1n) is 11.3. The van der Waals surface area contributed by atoms with Crippen molar-refractivity contribution < 1.29 is 23.9 Å². The Balaban J connectivity index is 1.48. The molecule has 7 nitrogen and oxygen atoms in total. The normalized spacial score (nSPS) is 25.4. The van der Waals surface area contributed by atoms with Gasteiger partial charge in [-0.1, -0.05) is 81.1 Å². The maximum Gasteiger partial charge on any atom is 0.317 e. The maximum atomic E-state index is 13.6. The second kappa shape index (κ2) is 9.31. The van der Waals surface area contributed by atoms with Crippen molar-refractivity contribution in [1.82, 2.24) is 10.2 Å². The summed E-state index contributed by atoms with van der Waals surface area (Å²) in [5.41, 5.74) is 1.65. The summed E-state index contributed by atoms with van der Waals surface area (Å²) in [5, 5.41) is 2.31. The third kappa shape index (κ3) is 4.53. The van der Waals surface area contributed by atoms with Crippen molar-refractivity contribution in [3.05, 3.63) is 69.2 Å². The van der Waals surface area contributed by atoms with E-state index in [1.54, 1.807) is 0 Å². The molecule has 0 spiro atoms. The number of benzene rings is 2. The average Bonchev–Trinajstić information content (AvgIpc) is 3.49. The summed E-state index contributed by atoms with van der Waals surface area (Å²) in [6.45, 7) is -0.152. The number of rotatable bonds is 5. The molecule has 3 amide bonds. The van der Waals surface area contributed by atoms with E-state index < -0.39 is 33.7 Å². The molecule has 36 heavy (non-hydrogen) atoms. The highest BCUT2D eigenvalue weighted by Crippen LogP contribution is 2.62. The van der Waals surface area contributed by atoms with Crippen LogP contribution in [0.15, 0.2) is 46.9 Å². The monoisotopic (exact) mass is 612 g/mol. The van der Waals surface area contributed by atoms with Crippen LogP contribution in [0.25, 0.3) is 0 Å². The fourth-order valence-electron chi connectivity index (χ4n) is 5.26. The van der Waals surface area contributed by atoms with Gasteiger partial charge in [0.15, 0.2) is 0 Å². The Hall–Kier alpha value is -2.13. The lowest BCUT2D eigenvalue weighted by atomic mass is 9.88. The molecule has 1 saturated carbocycles. The summed E-state index contributed by atoms with van der Waals surface area (Å²) in [6.07, 6.45) is 0.860. The van der Waals surface area contributed by atoms with Crippen molar-refractivity contribution in [3.8, 4) is 0 Å². The van der Waals surface area contributed by atoms with E-state index in [4.69, 9.17) is 39.5 Å². The second-order valence-electron chi connectivity index (χ2n) is 9.21. The molecule has 2 aliphatic heterocycles. The summed E-state index contributed by atoms with van der Waals surface area (Å²) in [4.78, 5) is 52.5. The fraction of sp³-hybridized carbons (Fsp3) is 0.360. The van der Waals surface area contributed by atoms with Crippen molar-refractivity contribution in [1.29, 1.82) is 0 Å². The molecule has 0 radical (unpaired) electrons. The van der Waals surface area contributed by atoms with Crippen molar-refractivity contribution >= 4 is 74.4 Å². The van der Waals surface area contributed by atoms with Gasteiger partial charge in [-0.05, 0) is 41.7 Å². The van der Waals surface area contributed by atoms with Gasteiger partial charge in [-0.15, -0.1) is 0 Å². The molecule has 1 unspecified atom stereocenters. The van der Waals surface area contributed by atoms with Gasteiger partial charge in [0.1, 0.15) is 18.1 Å². The molecule has 188 valence electrons. The fourth-order valence-corrected chi connectivity index (χ4v) is 5.69. The molecule has 11 heteroatoms. The number of fused-ring (bicyclic) bond motifs is 1. The number of piperidine rings is 1. The van der Waals surface area contributed by atoms with Crippen LogP contribution in [0.3, 0.4) is 0 Å².